The average Bonchev–Trinajstić information content (AvgIpc) is 2.04. The average molecular weight is 150 g/mol. The Kier molecular flexibility index (Phi) is 2.66. The number of allylic oxidation sites excluding steroid dienone is 2. The molecule has 0 fully saturated rings. The van der Waals surface area contributed by atoms with Gasteiger partial charge in [0, 0.05) is 0 Å². The number of hydrogen-bond donors (Lipinski definition) is 1. The van der Waals surface area contributed by atoms with Crippen LogP contribution in [0.2, 0.25) is 0 Å². The molecule has 0 amide bonds. The van der Waals surface area contributed by atoms with E-state index in [1.165, 1.54) is 0 Å². The van der Waals surface area contributed by atoms with Crippen LogP contribution in [0.25, 0.3) is 0 Å². The van der Waals surface area contributed by atoms with Crippen molar-refractivity contribution in [3.05, 3.63) is 36.5 Å². The highest BCUT2D eigenvalue weighted by Gasteiger charge is 2.16. The minimum atomic E-state index is -0.311. The zero-order chi connectivity index (χ0) is 8.27. The van der Waals surface area contributed by atoms with Crippen LogP contribution >= 0.6 is 0 Å². The van der Waals surface area contributed by atoms with Crippen molar-refractivity contribution in [3.8, 4) is 0 Å². The Morgan fingerprint density at radius 3 is 2.55 bits per heavy atom. The van der Waals surface area contributed by atoms with Crippen molar-refractivity contribution in [2.45, 2.75) is 25.4 Å². The number of aliphatic hydroxyl groups is 1. The second-order valence-corrected chi connectivity index (χ2v) is 2.80. The maximum atomic E-state index is 9.49. The minimum absolute atomic E-state index is 0.311. The topological polar surface area (TPSA) is 20.2 Å². The Morgan fingerprint density at radius 1 is 1.36 bits per heavy atom. The van der Waals surface area contributed by atoms with E-state index in [1.807, 2.05) is 6.08 Å². The van der Waals surface area contributed by atoms with Crippen molar-refractivity contribution >= 4 is 0 Å². The minimum Gasteiger partial charge on any atom is -0.388 e. The molecule has 0 aromatic carbocycles. The van der Waals surface area contributed by atoms with Gasteiger partial charge in [-0.1, -0.05) is 25.3 Å². The van der Waals surface area contributed by atoms with Gasteiger partial charge in [-0.15, -0.1) is 0 Å². The lowest BCUT2D eigenvalue weighted by Crippen LogP contribution is -2.14. The highest BCUT2D eigenvalue weighted by atomic mass is 16.3. The van der Waals surface area contributed by atoms with E-state index in [-0.39, 0.29) is 6.10 Å². The van der Waals surface area contributed by atoms with Crippen molar-refractivity contribution in [1.82, 2.24) is 0 Å². The quantitative estimate of drug-likeness (QED) is 0.639. The van der Waals surface area contributed by atoms with Gasteiger partial charge >= 0.3 is 0 Å². The van der Waals surface area contributed by atoms with E-state index in [0.29, 0.717) is 0 Å². The predicted octanol–water partition coefficient (Wildman–Crippen LogP) is 2.20. The summed E-state index contributed by atoms with van der Waals surface area (Å²) in [5.41, 5.74) is 2.12. The van der Waals surface area contributed by atoms with Crippen LogP contribution in [-0.4, -0.2) is 11.2 Å². The molecule has 0 radical (unpaired) electrons. The Morgan fingerprint density at radius 2 is 2.09 bits per heavy atom. The monoisotopic (exact) mass is 150 g/mol. The van der Waals surface area contributed by atoms with Gasteiger partial charge in [-0.3, -0.25) is 0 Å². The third-order valence-corrected chi connectivity index (χ3v) is 2.12. The van der Waals surface area contributed by atoms with Gasteiger partial charge in [-0.05, 0) is 30.4 Å². The van der Waals surface area contributed by atoms with E-state index in [0.717, 1.165) is 30.4 Å². The highest BCUT2D eigenvalue weighted by Crippen LogP contribution is 2.26. The Bertz CT molecular complexity index is 201. The Labute approximate surface area is 67.7 Å². The molecule has 0 spiro atoms. The van der Waals surface area contributed by atoms with Crippen LogP contribution in [0.4, 0.5) is 0 Å². The lowest BCUT2D eigenvalue weighted by atomic mass is 9.89. The fourth-order valence-electron chi connectivity index (χ4n) is 1.49. The summed E-state index contributed by atoms with van der Waals surface area (Å²) >= 11 is 0. The smallest absolute Gasteiger partial charge is 0.0792 e. The summed E-state index contributed by atoms with van der Waals surface area (Å²) in [7, 11) is 0. The van der Waals surface area contributed by atoms with Gasteiger partial charge in [0.2, 0.25) is 0 Å². The molecule has 0 heterocycles. The van der Waals surface area contributed by atoms with Crippen LogP contribution in [0.5, 0.6) is 0 Å². The van der Waals surface area contributed by atoms with Gasteiger partial charge in [0.1, 0.15) is 0 Å². The number of aliphatic hydroxyl groups excluding tert-OH is 1. The van der Waals surface area contributed by atoms with Crippen molar-refractivity contribution in [2.24, 2.45) is 0 Å². The first-order chi connectivity index (χ1) is 5.29. The molecule has 11 heavy (non-hydrogen) atoms. The lowest BCUT2D eigenvalue weighted by molar-refractivity contribution is 0.193. The van der Waals surface area contributed by atoms with Crippen molar-refractivity contribution < 1.29 is 5.11 Å². The first-order valence-electron chi connectivity index (χ1n) is 3.95. The third kappa shape index (κ3) is 1.60. The number of hydrogen-bond acceptors (Lipinski definition) is 1. The summed E-state index contributed by atoms with van der Waals surface area (Å²) in [5.74, 6) is 0. The zero-order valence-corrected chi connectivity index (χ0v) is 6.71. The van der Waals surface area contributed by atoms with Crippen molar-refractivity contribution in [2.75, 3.05) is 0 Å². The fourth-order valence-corrected chi connectivity index (χ4v) is 1.49. The summed E-state index contributed by atoms with van der Waals surface area (Å²) in [6, 6.07) is 0. The van der Waals surface area contributed by atoms with Crippen LogP contribution in [0, 0.1) is 0 Å². The third-order valence-electron chi connectivity index (χ3n) is 2.12. The van der Waals surface area contributed by atoms with Crippen LogP contribution in [-0.2, 0) is 0 Å². The van der Waals surface area contributed by atoms with Crippen molar-refractivity contribution in [3.63, 3.8) is 0 Å². The summed E-state index contributed by atoms with van der Waals surface area (Å²) < 4.78 is 0. The van der Waals surface area contributed by atoms with Gasteiger partial charge in [0.05, 0.1) is 6.10 Å². The molecule has 0 bridgehead atoms. The van der Waals surface area contributed by atoms with Gasteiger partial charge in [-0.25, -0.2) is 0 Å². The van der Waals surface area contributed by atoms with Gasteiger partial charge < -0.3 is 5.11 Å². The van der Waals surface area contributed by atoms with Gasteiger partial charge in [0.25, 0.3) is 0 Å². The lowest BCUT2D eigenvalue weighted by Gasteiger charge is -2.20. The van der Waals surface area contributed by atoms with Crippen LogP contribution < -0.4 is 0 Å². The predicted molar refractivity (Wildman–Crippen MR) is 47.3 cm³/mol. The maximum absolute atomic E-state index is 9.49. The molecular weight excluding hydrogens is 136 g/mol. The van der Waals surface area contributed by atoms with E-state index in [1.54, 1.807) is 6.08 Å². The summed E-state index contributed by atoms with van der Waals surface area (Å²) in [5, 5.41) is 9.49. The molecule has 1 aliphatic rings. The molecule has 0 aromatic rings. The van der Waals surface area contributed by atoms with Crippen LogP contribution in [0.3, 0.4) is 0 Å². The van der Waals surface area contributed by atoms with E-state index in [4.69, 9.17) is 0 Å². The first-order valence-corrected chi connectivity index (χ1v) is 3.95. The second kappa shape index (κ2) is 3.54. The molecule has 1 atom stereocenters. The summed E-state index contributed by atoms with van der Waals surface area (Å²) in [6.07, 6.45) is 6.19. The molecular formula is C10H14O. The van der Waals surface area contributed by atoms with Crippen molar-refractivity contribution in [1.29, 1.82) is 0 Å². The SMILES string of the molecule is C=CC1=C(C=C)C(O)CCC1. The van der Waals surface area contributed by atoms with Crippen LogP contribution in [0.1, 0.15) is 19.3 Å². The fraction of sp³-hybridized carbons (Fsp3) is 0.400. The molecule has 1 aliphatic carbocycles. The molecule has 60 valence electrons. The number of rotatable bonds is 2. The second-order valence-electron chi connectivity index (χ2n) is 2.80. The zero-order valence-electron chi connectivity index (χ0n) is 6.71. The molecule has 1 heteroatoms. The molecule has 1 rings (SSSR count). The summed E-state index contributed by atoms with van der Waals surface area (Å²) in [6.45, 7) is 7.37. The maximum Gasteiger partial charge on any atom is 0.0792 e. The van der Waals surface area contributed by atoms with E-state index in [2.05, 4.69) is 13.2 Å². The molecule has 1 N–H and O–H groups in total. The Hall–Kier alpha value is -0.820. The van der Waals surface area contributed by atoms with Gasteiger partial charge in [0.15, 0.2) is 0 Å². The summed E-state index contributed by atoms with van der Waals surface area (Å²) in [4.78, 5) is 0. The standard InChI is InChI=1S/C10H14O/c1-3-8-6-5-7-10(11)9(8)4-2/h3-4,10-11H,1-2,5-7H2. The van der Waals surface area contributed by atoms with E-state index in [9.17, 15) is 5.11 Å². The van der Waals surface area contributed by atoms with Gasteiger partial charge in [-0.2, -0.15) is 0 Å². The normalized spacial score (nSPS) is 25.0. The van der Waals surface area contributed by atoms with E-state index >= 15 is 0 Å². The molecule has 1 unspecified atom stereocenters. The first kappa shape index (κ1) is 8.28. The largest absolute Gasteiger partial charge is 0.388 e. The van der Waals surface area contributed by atoms with E-state index < -0.39 is 0 Å². The molecule has 1 nitrogen and oxygen atoms in total. The Balaban J connectivity index is 2.94. The molecule has 0 aromatic heterocycles. The highest BCUT2D eigenvalue weighted by molar-refractivity contribution is 5.35. The molecule has 0 aliphatic heterocycles. The van der Waals surface area contributed by atoms with Crippen LogP contribution in [0.15, 0.2) is 36.5 Å². The molecule has 0 saturated carbocycles. The molecule has 0 saturated heterocycles.